The zero-order valence-corrected chi connectivity index (χ0v) is 12.2. The van der Waals surface area contributed by atoms with Crippen molar-refractivity contribution in [3.63, 3.8) is 0 Å². The van der Waals surface area contributed by atoms with Gasteiger partial charge in [-0.25, -0.2) is 0 Å². The molecular weight excluding hydrogens is 312 g/mol. The molecule has 1 unspecified atom stereocenters. The molecule has 6 heteroatoms. The summed E-state index contributed by atoms with van der Waals surface area (Å²) in [6.45, 7) is 1.84. The molecule has 19 heavy (non-hydrogen) atoms. The van der Waals surface area contributed by atoms with Crippen molar-refractivity contribution in [2.45, 2.75) is 32.2 Å². The van der Waals surface area contributed by atoms with E-state index in [1.54, 1.807) is 18.2 Å². The van der Waals surface area contributed by atoms with Crippen LogP contribution in [0.25, 0.3) is 0 Å². The summed E-state index contributed by atoms with van der Waals surface area (Å²) in [6, 6.07) is 4.98. The normalized spacial score (nSPS) is 11.9. The van der Waals surface area contributed by atoms with Crippen LogP contribution in [-0.4, -0.2) is 23.0 Å². The Hall–Kier alpha value is -1.56. The van der Waals surface area contributed by atoms with Crippen LogP contribution in [-0.2, 0) is 4.79 Å². The molecule has 0 heterocycles. The van der Waals surface area contributed by atoms with Crippen molar-refractivity contribution in [3.8, 4) is 0 Å². The van der Waals surface area contributed by atoms with E-state index in [2.05, 4.69) is 21.2 Å². The fourth-order valence-electron chi connectivity index (χ4n) is 1.67. The summed E-state index contributed by atoms with van der Waals surface area (Å²) in [4.78, 5) is 22.4. The number of amides is 1. The molecule has 0 saturated carbocycles. The van der Waals surface area contributed by atoms with Gasteiger partial charge in [0.25, 0.3) is 5.91 Å². The van der Waals surface area contributed by atoms with Gasteiger partial charge in [-0.1, -0.05) is 15.9 Å². The second-order valence-electron chi connectivity index (χ2n) is 4.39. The molecule has 0 aliphatic carbocycles. The van der Waals surface area contributed by atoms with Crippen molar-refractivity contribution in [1.82, 2.24) is 5.32 Å². The number of nitrogens with one attached hydrogen (secondary N) is 1. The molecule has 0 aliphatic heterocycles. The molecule has 0 aliphatic rings. The molecule has 5 nitrogen and oxygen atoms in total. The van der Waals surface area contributed by atoms with Gasteiger partial charge in [-0.3, -0.25) is 9.59 Å². The standard InChI is InChI=1S/C13H17BrN2O3/c1-8(3-2-4-12(17)18)16-13(19)10-6-5-9(14)7-11(10)15/h5-8H,2-4,15H2,1H3,(H,16,19)(H,17,18). The highest BCUT2D eigenvalue weighted by atomic mass is 79.9. The molecule has 0 saturated heterocycles. The molecule has 1 aromatic rings. The Bertz CT molecular complexity index is 477. The second kappa shape index (κ2) is 7.13. The topological polar surface area (TPSA) is 92.4 Å². The zero-order valence-electron chi connectivity index (χ0n) is 10.6. The van der Waals surface area contributed by atoms with E-state index in [4.69, 9.17) is 10.8 Å². The Morgan fingerprint density at radius 1 is 1.47 bits per heavy atom. The van der Waals surface area contributed by atoms with E-state index < -0.39 is 5.97 Å². The first-order chi connectivity index (χ1) is 8.90. The van der Waals surface area contributed by atoms with Crippen LogP contribution in [0.2, 0.25) is 0 Å². The maximum absolute atomic E-state index is 12.0. The molecule has 1 atom stereocenters. The van der Waals surface area contributed by atoms with Crippen molar-refractivity contribution in [2.75, 3.05) is 5.73 Å². The molecule has 0 spiro atoms. The van der Waals surface area contributed by atoms with Crippen LogP contribution in [0.3, 0.4) is 0 Å². The van der Waals surface area contributed by atoms with Crippen LogP contribution in [0.15, 0.2) is 22.7 Å². The maximum Gasteiger partial charge on any atom is 0.303 e. The second-order valence-corrected chi connectivity index (χ2v) is 5.31. The minimum absolute atomic E-state index is 0.0881. The fraction of sp³-hybridized carbons (Fsp3) is 0.385. The van der Waals surface area contributed by atoms with Gasteiger partial charge >= 0.3 is 5.97 Å². The molecule has 0 fully saturated rings. The molecule has 1 aromatic carbocycles. The molecule has 1 amide bonds. The van der Waals surface area contributed by atoms with Crippen molar-refractivity contribution in [3.05, 3.63) is 28.2 Å². The summed E-state index contributed by atoms with van der Waals surface area (Å²) in [5, 5.41) is 11.3. The number of halogens is 1. The van der Waals surface area contributed by atoms with E-state index in [9.17, 15) is 9.59 Å². The van der Waals surface area contributed by atoms with Crippen LogP contribution in [0.4, 0.5) is 5.69 Å². The van der Waals surface area contributed by atoms with Crippen LogP contribution >= 0.6 is 15.9 Å². The van der Waals surface area contributed by atoms with Crippen molar-refractivity contribution in [2.24, 2.45) is 0 Å². The number of aliphatic carboxylic acids is 1. The molecule has 0 radical (unpaired) electrons. The van der Waals surface area contributed by atoms with Gasteiger partial charge in [-0.05, 0) is 38.0 Å². The van der Waals surface area contributed by atoms with Gasteiger partial charge in [0.15, 0.2) is 0 Å². The highest BCUT2D eigenvalue weighted by Gasteiger charge is 2.13. The highest BCUT2D eigenvalue weighted by Crippen LogP contribution is 2.18. The summed E-state index contributed by atoms with van der Waals surface area (Å²) in [5.74, 6) is -1.07. The third-order valence-electron chi connectivity index (χ3n) is 2.66. The number of nitrogen functional groups attached to an aromatic ring is 1. The van der Waals surface area contributed by atoms with Gasteiger partial charge in [-0.15, -0.1) is 0 Å². The first kappa shape index (κ1) is 15.5. The minimum Gasteiger partial charge on any atom is -0.481 e. The average molecular weight is 329 g/mol. The summed E-state index contributed by atoms with van der Waals surface area (Å²) >= 11 is 3.28. The van der Waals surface area contributed by atoms with Gasteiger partial charge in [0, 0.05) is 22.6 Å². The third-order valence-corrected chi connectivity index (χ3v) is 3.16. The fourth-order valence-corrected chi connectivity index (χ4v) is 2.05. The Kier molecular flexibility index (Phi) is 5.82. The summed E-state index contributed by atoms with van der Waals surface area (Å²) in [7, 11) is 0. The molecule has 0 bridgehead atoms. The van der Waals surface area contributed by atoms with E-state index in [1.165, 1.54) is 0 Å². The van der Waals surface area contributed by atoms with E-state index in [0.717, 1.165) is 4.47 Å². The average Bonchev–Trinajstić information content (AvgIpc) is 2.27. The maximum atomic E-state index is 12.0. The molecule has 0 aromatic heterocycles. The lowest BCUT2D eigenvalue weighted by Crippen LogP contribution is -2.33. The predicted octanol–water partition coefficient (Wildman–Crippen LogP) is 2.40. The number of carboxylic acid groups (broad SMARTS) is 1. The predicted molar refractivity (Wildman–Crippen MR) is 77.0 cm³/mol. The number of hydrogen-bond donors (Lipinski definition) is 3. The van der Waals surface area contributed by atoms with Gasteiger partial charge in [0.1, 0.15) is 0 Å². The summed E-state index contributed by atoms with van der Waals surface area (Å²) in [6.07, 6.45) is 1.27. The number of nitrogens with two attached hydrogens (primary N) is 1. The van der Waals surface area contributed by atoms with Crippen molar-refractivity contribution in [1.29, 1.82) is 0 Å². The monoisotopic (exact) mass is 328 g/mol. The van der Waals surface area contributed by atoms with E-state index in [0.29, 0.717) is 24.1 Å². The Balaban J connectivity index is 2.52. The number of anilines is 1. The van der Waals surface area contributed by atoms with Gasteiger partial charge in [-0.2, -0.15) is 0 Å². The van der Waals surface area contributed by atoms with Crippen molar-refractivity contribution < 1.29 is 14.7 Å². The molecule has 1 rings (SSSR count). The minimum atomic E-state index is -0.823. The summed E-state index contributed by atoms with van der Waals surface area (Å²) in [5.41, 5.74) is 6.60. The highest BCUT2D eigenvalue weighted by molar-refractivity contribution is 9.10. The number of carbonyl (C=O) groups is 2. The largest absolute Gasteiger partial charge is 0.481 e. The first-order valence-corrected chi connectivity index (χ1v) is 6.77. The zero-order chi connectivity index (χ0) is 14.4. The number of rotatable bonds is 6. The van der Waals surface area contributed by atoms with Crippen LogP contribution in [0.1, 0.15) is 36.5 Å². The lowest BCUT2D eigenvalue weighted by Gasteiger charge is -2.14. The quantitative estimate of drug-likeness (QED) is 0.699. The number of benzene rings is 1. The number of carboxylic acids is 1. The van der Waals surface area contributed by atoms with Gasteiger partial charge in [0.05, 0.1) is 5.56 Å². The van der Waals surface area contributed by atoms with Crippen molar-refractivity contribution >= 4 is 33.5 Å². The number of hydrogen-bond acceptors (Lipinski definition) is 3. The number of carbonyl (C=O) groups excluding carboxylic acids is 1. The molecule has 104 valence electrons. The first-order valence-electron chi connectivity index (χ1n) is 5.98. The molecular formula is C13H17BrN2O3. The van der Waals surface area contributed by atoms with Gasteiger partial charge in [0.2, 0.25) is 0 Å². The Morgan fingerprint density at radius 3 is 2.74 bits per heavy atom. The van der Waals surface area contributed by atoms with Crippen LogP contribution in [0.5, 0.6) is 0 Å². The lowest BCUT2D eigenvalue weighted by molar-refractivity contribution is -0.137. The van der Waals surface area contributed by atoms with E-state index >= 15 is 0 Å². The Labute approximate surface area is 120 Å². The Morgan fingerprint density at radius 2 is 2.16 bits per heavy atom. The third kappa shape index (κ3) is 5.30. The summed E-state index contributed by atoms with van der Waals surface area (Å²) < 4.78 is 0.816. The van der Waals surface area contributed by atoms with E-state index in [-0.39, 0.29) is 18.4 Å². The van der Waals surface area contributed by atoms with Crippen LogP contribution < -0.4 is 11.1 Å². The van der Waals surface area contributed by atoms with Crippen LogP contribution in [0, 0.1) is 0 Å². The lowest BCUT2D eigenvalue weighted by atomic mass is 10.1. The van der Waals surface area contributed by atoms with Gasteiger partial charge < -0.3 is 16.2 Å². The SMILES string of the molecule is CC(CCCC(=O)O)NC(=O)c1ccc(Br)cc1N. The smallest absolute Gasteiger partial charge is 0.303 e. The molecule has 4 N–H and O–H groups in total. The van der Waals surface area contributed by atoms with E-state index in [1.807, 2.05) is 6.92 Å².